The molecule has 0 bridgehead atoms. The molecule has 2 nitrogen and oxygen atoms in total. The molecule has 0 amide bonds. The molecule has 2 N–H and O–H groups in total. The molecule has 0 heterocycles. The first-order chi connectivity index (χ1) is 8.97. The molecular weight excluding hydrogens is 326 g/mol. The number of benzene rings is 2. The van der Waals surface area contributed by atoms with E-state index in [-0.39, 0.29) is 0 Å². The lowest BCUT2D eigenvalue weighted by Crippen LogP contribution is -1.98. The molecule has 0 saturated carbocycles. The van der Waals surface area contributed by atoms with Crippen LogP contribution in [0.4, 0.5) is 5.69 Å². The summed E-state index contributed by atoms with van der Waals surface area (Å²) in [5.41, 5.74) is 9.66. The van der Waals surface area contributed by atoms with Gasteiger partial charge in [-0.2, -0.15) is 0 Å². The van der Waals surface area contributed by atoms with E-state index in [1.165, 1.54) is 0 Å². The maximum atomic E-state index is 5.89. The van der Waals surface area contributed by atoms with Crippen molar-refractivity contribution in [2.24, 2.45) is 0 Å². The van der Waals surface area contributed by atoms with Crippen LogP contribution in [0.15, 0.2) is 34.8 Å². The third kappa shape index (κ3) is 3.43. The topological polar surface area (TPSA) is 35.2 Å². The largest absolute Gasteiger partial charge is 0.489 e. The number of hydrogen-bond donors (Lipinski definition) is 1. The molecule has 2 aromatic rings. The third-order valence-corrected chi connectivity index (χ3v) is 4.47. The normalized spacial score (nSPS) is 10.5. The first-order valence-corrected chi connectivity index (χ1v) is 7.08. The molecule has 100 valence electrons. The zero-order valence-corrected chi connectivity index (χ0v) is 13.2. The Hall–Kier alpha value is -1.19. The van der Waals surface area contributed by atoms with Gasteiger partial charge < -0.3 is 10.5 Å². The number of hydrogen-bond acceptors (Lipinski definition) is 2. The fraction of sp³-hybridized carbons (Fsp3) is 0.200. The van der Waals surface area contributed by atoms with Gasteiger partial charge in [0.25, 0.3) is 0 Å². The number of nitrogen functional groups attached to an aromatic ring is 1. The van der Waals surface area contributed by atoms with Crippen LogP contribution >= 0.6 is 27.5 Å². The van der Waals surface area contributed by atoms with Gasteiger partial charge in [-0.25, -0.2) is 0 Å². The zero-order chi connectivity index (χ0) is 14.0. The summed E-state index contributed by atoms with van der Waals surface area (Å²) in [4.78, 5) is 0. The Balaban J connectivity index is 2.12. The lowest BCUT2D eigenvalue weighted by molar-refractivity contribution is 0.306. The van der Waals surface area contributed by atoms with Gasteiger partial charge in [-0.15, -0.1) is 0 Å². The Labute approximate surface area is 126 Å². The predicted molar refractivity (Wildman–Crippen MR) is 83.8 cm³/mol. The van der Waals surface area contributed by atoms with Crippen LogP contribution in [0.1, 0.15) is 16.7 Å². The van der Waals surface area contributed by atoms with Gasteiger partial charge in [0.1, 0.15) is 12.4 Å². The lowest BCUT2D eigenvalue weighted by Gasteiger charge is -2.11. The van der Waals surface area contributed by atoms with E-state index in [2.05, 4.69) is 15.9 Å². The van der Waals surface area contributed by atoms with E-state index < -0.39 is 0 Å². The fourth-order valence-corrected chi connectivity index (χ4v) is 2.19. The third-order valence-electron chi connectivity index (χ3n) is 2.88. The maximum Gasteiger partial charge on any atom is 0.120 e. The van der Waals surface area contributed by atoms with Gasteiger partial charge in [0.15, 0.2) is 0 Å². The van der Waals surface area contributed by atoms with Crippen molar-refractivity contribution in [3.8, 4) is 5.75 Å². The standard InChI is InChI=1S/C15H15BrClNO/c1-9-5-12(6-10(2)15(9)16)19-8-11-3-4-13(17)14(18)7-11/h3-7H,8,18H2,1-2H3. The van der Waals surface area contributed by atoms with Crippen molar-refractivity contribution in [3.05, 3.63) is 56.5 Å². The van der Waals surface area contributed by atoms with Crippen LogP contribution in [-0.4, -0.2) is 0 Å². The molecule has 0 fully saturated rings. The SMILES string of the molecule is Cc1cc(OCc2ccc(Cl)c(N)c2)cc(C)c1Br. The molecule has 0 radical (unpaired) electrons. The second kappa shape index (κ2) is 5.85. The molecule has 0 aliphatic heterocycles. The van der Waals surface area contributed by atoms with E-state index in [0.717, 1.165) is 26.9 Å². The van der Waals surface area contributed by atoms with Crippen molar-refractivity contribution in [2.75, 3.05) is 5.73 Å². The molecule has 2 aromatic carbocycles. The van der Waals surface area contributed by atoms with Gasteiger partial charge in [-0.3, -0.25) is 0 Å². The summed E-state index contributed by atoms with van der Waals surface area (Å²) in [6.07, 6.45) is 0. The minimum Gasteiger partial charge on any atom is -0.489 e. The van der Waals surface area contributed by atoms with Crippen molar-refractivity contribution in [2.45, 2.75) is 20.5 Å². The molecule has 4 heteroatoms. The van der Waals surface area contributed by atoms with Crippen LogP contribution in [-0.2, 0) is 6.61 Å². The number of anilines is 1. The molecule has 0 spiro atoms. The van der Waals surface area contributed by atoms with E-state index in [1.807, 2.05) is 38.1 Å². The van der Waals surface area contributed by atoms with E-state index in [9.17, 15) is 0 Å². The molecule has 0 unspecified atom stereocenters. The summed E-state index contributed by atoms with van der Waals surface area (Å²) in [6, 6.07) is 9.55. The monoisotopic (exact) mass is 339 g/mol. The van der Waals surface area contributed by atoms with E-state index >= 15 is 0 Å². The number of nitrogens with two attached hydrogens (primary N) is 1. The molecule has 0 aliphatic carbocycles. The minimum atomic E-state index is 0.474. The van der Waals surface area contributed by atoms with Crippen molar-refractivity contribution in [3.63, 3.8) is 0 Å². The Bertz CT molecular complexity index is 590. The summed E-state index contributed by atoms with van der Waals surface area (Å²) >= 11 is 9.43. The van der Waals surface area contributed by atoms with Crippen LogP contribution in [0.25, 0.3) is 0 Å². The summed E-state index contributed by atoms with van der Waals surface area (Å²) in [5.74, 6) is 0.853. The van der Waals surface area contributed by atoms with Crippen molar-refractivity contribution >= 4 is 33.2 Å². The van der Waals surface area contributed by atoms with E-state index in [0.29, 0.717) is 17.3 Å². The average Bonchev–Trinajstić information content (AvgIpc) is 2.37. The van der Waals surface area contributed by atoms with Gasteiger partial charge in [0, 0.05) is 4.47 Å². The highest BCUT2D eigenvalue weighted by Crippen LogP contribution is 2.27. The minimum absolute atomic E-state index is 0.474. The van der Waals surface area contributed by atoms with E-state index in [1.54, 1.807) is 6.07 Å². The van der Waals surface area contributed by atoms with Gasteiger partial charge in [0.05, 0.1) is 10.7 Å². The van der Waals surface area contributed by atoms with Crippen LogP contribution in [0, 0.1) is 13.8 Å². The zero-order valence-electron chi connectivity index (χ0n) is 10.8. The van der Waals surface area contributed by atoms with Gasteiger partial charge in [0.2, 0.25) is 0 Å². The number of aryl methyl sites for hydroxylation is 2. The highest BCUT2D eigenvalue weighted by atomic mass is 79.9. The van der Waals surface area contributed by atoms with Crippen LogP contribution in [0.2, 0.25) is 5.02 Å². The summed E-state index contributed by atoms with van der Waals surface area (Å²) in [5, 5.41) is 0.569. The maximum absolute atomic E-state index is 5.89. The quantitative estimate of drug-likeness (QED) is 0.808. The molecule has 19 heavy (non-hydrogen) atoms. The van der Waals surface area contributed by atoms with Crippen molar-refractivity contribution in [1.29, 1.82) is 0 Å². The fourth-order valence-electron chi connectivity index (χ4n) is 1.84. The first-order valence-electron chi connectivity index (χ1n) is 5.91. The Morgan fingerprint density at radius 1 is 1.16 bits per heavy atom. The van der Waals surface area contributed by atoms with Crippen molar-refractivity contribution in [1.82, 2.24) is 0 Å². The van der Waals surface area contributed by atoms with Crippen LogP contribution in [0.5, 0.6) is 5.75 Å². The smallest absolute Gasteiger partial charge is 0.120 e. The molecule has 0 aliphatic rings. The number of rotatable bonds is 3. The molecule has 0 aromatic heterocycles. The average molecular weight is 341 g/mol. The molecular formula is C15H15BrClNO. The number of halogens is 2. The van der Waals surface area contributed by atoms with E-state index in [4.69, 9.17) is 22.1 Å². The molecule has 0 atom stereocenters. The van der Waals surface area contributed by atoms with Gasteiger partial charge in [-0.05, 0) is 54.8 Å². The molecule has 0 saturated heterocycles. The second-order valence-corrected chi connectivity index (χ2v) is 5.72. The van der Waals surface area contributed by atoms with Crippen LogP contribution < -0.4 is 10.5 Å². The summed E-state index contributed by atoms with van der Waals surface area (Å²) < 4.78 is 6.91. The lowest BCUT2D eigenvalue weighted by atomic mass is 10.1. The van der Waals surface area contributed by atoms with Gasteiger partial charge in [-0.1, -0.05) is 33.6 Å². The van der Waals surface area contributed by atoms with Crippen LogP contribution in [0.3, 0.4) is 0 Å². The highest BCUT2D eigenvalue weighted by Gasteiger charge is 2.04. The predicted octanol–water partition coefficient (Wildman–Crippen LogP) is 4.88. The Morgan fingerprint density at radius 3 is 2.37 bits per heavy atom. The molecule has 2 rings (SSSR count). The number of ether oxygens (including phenoxy) is 1. The summed E-state index contributed by atoms with van der Waals surface area (Å²) in [6.45, 7) is 4.57. The van der Waals surface area contributed by atoms with Crippen molar-refractivity contribution < 1.29 is 4.74 Å². The Morgan fingerprint density at radius 2 is 1.79 bits per heavy atom. The highest BCUT2D eigenvalue weighted by molar-refractivity contribution is 9.10. The van der Waals surface area contributed by atoms with Gasteiger partial charge >= 0.3 is 0 Å². The second-order valence-electron chi connectivity index (χ2n) is 4.52. The Kier molecular flexibility index (Phi) is 4.38. The first kappa shape index (κ1) is 14.2. The summed E-state index contributed by atoms with van der Waals surface area (Å²) in [7, 11) is 0.